The summed E-state index contributed by atoms with van der Waals surface area (Å²) in [6.07, 6.45) is 4.02. The van der Waals surface area contributed by atoms with E-state index in [1.54, 1.807) is 12.1 Å². The van der Waals surface area contributed by atoms with E-state index in [1.807, 2.05) is 31.2 Å². The number of halogens is 1. The lowest BCUT2D eigenvalue weighted by Crippen LogP contribution is -2.47. The van der Waals surface area contributed by atoms with Crippen molar-refractivity contribution in [2.45, 2.75) is 71.6 Å². The summed E-state index contributed by atoms with van der Waals surface area (Å²) in [4.78, 5) is 31.8. The van der Waals surface area contributed by atoms with Crippen LogP contribution in [0.3, 0.4) is 0 Å². The number of likely N-dealkylation sites (tertiary alicyclic amines) is 2. The molecular formula is C36H45ClN2O5. The summed E-state index contributed by atoms with van der Waals surface area (Å²) in [6.45, 7) is 8.27. The molecule has 2 aromatic rings. The number of fused-ring (bicyclic) bond motifs is 1. The Labute approximate surface area is 265 Å². The minimum atomic E-state index is -0.845. The van der Waals surface area contributed by atoms with Crippen molar-refractivity contribution in [3.05, 3.63) is 81.4 Å². The Kier molecular flexibility index (Phi) is 10.3. The summed E-state index contributed by atoms with van der Waals surface area (Å²) < 4.78 is 0. The summed E-state index contributed by atoms with van der Waals surface area (Å²) in [5, 5.41) is 32.3. The Bertz CT molecular complexity index is 1410. The number of phenolic OH excluding ortho intramolecular Hbond substituents is 1. The normalized spacial score (nSPS) is 24.4. The number of aromatic hydroxyl groups is 1. The molecule has 0 radical (unpaired) electrons. The molecule has 8 heteroatoms. The molecule has 0 spiro atoms. The Morgan fingerprint density at radius 1 is 1.07 bits per heavy atom. The van der Waals surface area contributed by atoms with Gasteiger partial charge in [0.15, 0.2) is 0 Å². The molecule has 2 aliphatic heterocycles. The van der Waals surface area contributed by atoms with Crippen molar-refractivity contribution in [3.8, 4) is 5.75 Å². The number of amides is 2. The maximum Gasteiger partial charge on any atom is 0.234 e. The lowest BCUT2D eigenvalue weighted by Gasteiger charge is -2.38. The third kappa shape index (κ3) is 6.81. The number of rotatable bonds is 10. The van der Waals surface area contributed by atoms with Crippen LogP contribution in [0.25, 0.3) is 6.08 Å². The molecule has 2 saturated heterocycles. The van der Waals surface area contributed by atoms with E-state index in [1.165, 1.54) is 16.5 Å². The number of phenols is 1. The van der Waals surface area contributed by atoms with Crippen LogP contribution in [0.2, 0.25) is 5.02 Å². The van der Waals surface area contributed by atoms with Gasteiger partial charge in [-0.15, -0.1) is 0 Å². The zero-order chi connectivity index (χ0) is 31.5. The molecule has 0 aromatic heterocycles. The van der Waals surface area contributed by atoms with Crippen molar-refractivity contribution in [1.82, 2.24) is 9.80 Å². The SMILES string of the molecule is C/C(=C\c1ccc(O)cc1Cl)CC[C@@H](O)C1=C(C(C)C)C[C@H]2C(=O)N(C3CCN(Cc4ccccc4)CC3)C(=O)[C@H]2[C@H]1CO. The summed E-state index contributed by atoms with van der Waals surface area (Å²) in [5.74, 6) is -1.85. The molecule has 236 valence electrons. The van der Waals surface area contributed by atoms with E-state index in [4.69, 9.17) is 11.6 Å². The highest BCUT2D eigenvalue weighted by Crippen LogP contribution is 2.49. The van der Waals surface area contributed by atoms with Crippen LogP contribution in [-0.2, 0) is 16.1 Å². The molecular weight excluding hydrogens is 576 g/mol. The zero-order valence-electron chi connectivity index (χ0n) is 26.0. The van der Waals surface area contributed by atoms with Gasteiger partial charge in [0.2, 0.25) is 11.8 Å². The van der Waals surface area contributed by atoms with E-state index >= 15 is 0 Å². The standard InChI is InChI=1S/C36H45ClN2O5/c1-22(2)28-19-29-34(30(21-40)33(28)32(42)12-9-23(3)17-25-10-11-27(41)18-31(25)37)36(44)39(35(29)43)26-13-15-38(16-14-26)20-24-7-5-4-6-8-24/h4-8,10-11,17-18,22,26,29-30,32,34,40-42H,9,12-16,19-21H2,1-3H3/b23-17+/t29-,30+,32-,34-/m1/s1. The van der Waals surface area contributed by atoms with Crippen LogP contribution in [0.4, 0.5) is 0 Å². The van der Waals surface area contributed by atoms with Crippen LogP contribution in [0.5, 0.6) is 5.75 Å². The van der Waals surface area contributed by atoms with Crippen LogP contribution in [0.1, 0.15) is 64.0 Å². The van der Waals surface area contributed by atoms with E-state index < -0.39 is 23.9 Å². The first-order valence-corrected chi connectivity index (χ1v) is 16.3. The number of hydrogen-bond donors (Lipinski definition) is 3. The van der Waals surface area contributed by atoms with Crippen LogP contribution in [-0.4, -0.2) is 68.8 Å². The fraction of sp³-hybridized carbons (Fsp3) is 0.500. The molecule has 5 rings (SSSR count). The largest absolute Gasteiger partial charge is 0.508 e. The number of aliphatic hydroxyl groups is 2. The number of hydrogen-bond acceptors (Lipinski definition) is 6. The predicted molar refractivity (Wildman–Crippen MR) is 173 cm³/mol. The first kappa shape index (κ1) is 32.4. The van der Waals surface area contributed by atoms with Gasteiger partial charge in [-0.05, 0) is 79.8 Å². The fourth-order valence-electron chi connectivity index (χ4n) is 7.50. The molecule has 3 N–H and O–H groups in total. The number of benzene rings is 2. The number of allylic oxidation sites excluding steroid dienone is 2. The average Bonchev–Trinajstić information content (AvgIpc) is 3.26. The monoisotopic (exact) mass is 620 g/mol. The number of imide groups is 1. The van der Waals surface area contributed by atoms with Crippen LogP contribution in [0.15, 0.2) is 65.3 Å². The van der Waals surface area contributed by atoms with E-state index in [0.717, 1.165) is 54.8 Å². The van der Waals surface area contributed by atoms with Crippen LogP contribution in [0, 0.1) is 23.7 Å². The molecule has 4 atom stereocenters. The van der Waals surface area contributed by atoms with Crippen molar-refractivity contribution < 1.29 is 24.9 Å². The average molecular weight is 621 g/mol. The molecule has 3 aliphatic rings. The van der Waals surface area contributed by atoms with Crippen molar-refractivity contribution in [2.75, 3.05) is 19.7 Å². The second kappa shape index (κ2) is 14.0. The minimum Gasteiger partial charge on any atom is -0.508 e. The summed E-state index contributed by atoms with van der Waals surface area (Å²) >= 11 is 6.28. The lowest BCUT2D eigenvalue weighted by atomic mass is 9.66. The second-order valence-electron chi connectivity index (χ2n) is 13.1. The smallest absolute Gasteiger partial charge is 0.234 e. The summed E-state index contributed by atoms with van der Waals surface area (Å²) in [6, 6.07) is 15.0. The number of aliphatic hydroxyl groups excluding tert-OH is 2. The first-order valence-electron chi connectivity index (χ1n) is 15.9. The minimum absolute atomic E-state index is 0.0697. The molecule has 2 amide bonds. The molecule has 0 bridgehead atoms. The zero-order valence-corrected chi connectivity index (χ0v) is 26.7. The maximum atomic E-state index is 14.0. The van der Waals surface area contributed by atoms with Gasteiger partial charge in [0.1, 0.15) is 5.75 Å². The van der Waals surface area contributed by atoms with Gasteiger partial charge in [0.05, 0.1) is 29.6 Å². The molecule has 2 aromatic carbocycles. The Morgan fingerprint density at radius 2 is 1.77 bits per heavy atom. The van der Waals surface area contributed by atoms with Gasteiger partial charge in [-0.3, -0.25) is 19.4 Å². The van der Waals surface area contributed by atoms with E-state index in [2.05, 4.69) is 30.9 Å². The van der Waals surface area contributed by atoms with Gasteiger partial charge in [0, 0.05) is 31.6 Å². The van der Waals surface area contributed by atoms with Crippen molar-refractivity contribution >= 4 is 29.5 Å². The third-order valence-electron chi connectivity index (χ3n) is 9.78. The van der Waals surface area contributed by atoms with Gasteiger partial charge < -0.3 is 15.3 Å². The molecule has 1 aliphatic carbocycles. The molecule has 0 unspecified atom stereocenters. The predicted octanol–water partition coefficient (Wildman–Crippen LogP) is 5.82. The highest BCUT2D eigenvalue weighted by Gasteiger charge is 2.56. The van der Waals surface area contributed by atoms with Gasteiger partial charge in [-0.25, -0.2) is 0 Å². The van der Waals surface area contributed by atoms with Crippen molar-refractivity contribution in [2.24, 2.45) is 23.7 Å². The topological polar surface area (TPSA) is 101 Å². The molecule has 2 heterocycles. The number of carbonyl (C=O) groups excluding carboxylic acids is 2. The summed E-state index contributed by atoms with van der Waals surface area (Å²) in [5.41, 5.74) is 4.77. The molecule has 7 nitrogen and oxygen atoms in total. The second-order valence-corrected chi connectivity index (χ2v) is 13.5. The summed E-state index contributed by atoms with van der Waals surface area (Å²) in [7, 11) is 0. The van der Waals surface area contributed by atoms with Crippen LogP contribution >= 0.6 is 11.6 Å². The number of piperidine rings is 1. The van der Waals surface area contributed by atoms with E-state index in [0.29, 0.717) is 24.3 Å². The van der Waals surface area contributed by atoms with Crippen molar-refractivity contribution in [3.63, 3.8) is 0 Å². The Morgan fingerprint density at radius 3 is 2.41 bits per heavy atom. The van der Waals surface area contributed by atoms with Gasteiger partial charge in [0.25, 0.3) is 0 Å². The highest BCUT2D eigenvalue weighted by atomic mass is 35.5. The highest BCUT2D eigenvalue weighted by molar-refractivity contribution is 6.32. The van der Waals surface area contributed by atoms with Crippen molar-refractivity contribution in [1.29, 1.82) is 0 Å². The van der Waals surface area contributed by atoms with E-state index in [-0.39, 0.29) is 36.1 Å². The molecule has 2 fully saturated rings. The number of carbonyl (C=O) groups is 2. The quantitative estimate of drug-likeness (QED) is 0.229. The lowest BCUT2D eigenvalue weighted by molar-refractivity contribution is -0.144. The Balaban J connectivity index is 1.29. The van der Waals surface area contributed by atoms with Gasteiger partial charge in [-0.2, -0.15) is 0 Å². The Hall–Kier alpha value is -2.97. The van der Waals surface area contributed by atoms with E-state index in [9.17, 15) is 24.9 Å². The number of nitrogens with zero attached hydrogens (tertiary/aromatic N) is 2. The molecule has 0 saturated carbocycles. The maximum absolute atomic E-state index is 14.0. The first-order chi connectivity index (χ1) is 21.1. The van der Waals surface area contributed by atoms with Crippen LogP contribution < -0.4 is 0 Å². The third-order valence-corrected chi connectivity index (χ3v) is 10.1. The van der Waals surface area contributed by atoms with Gasteiger partial charge in [-0.1, -0.05) is 73.0 Å². The fourth-order valence-corrected chi connectivity index (χ4v) is 7.73. The van der Waals surface area contributed by atoms with Gasteiger partial charge >= 0.3 is 0 Å². The molecule has 44 heavy (non-hydrogen) atoms.